The Hall–Kier alpha value is -2.90. The molecule has 7 nitrogen and oxygen atoms in total. The first-order valence-corrected chi connectivity index (χ1v) is 10.1. The van der Waals surface area contributed by atoms with Gasteiger partial charge in [0.15, 0.2) is 0 Å². The summed E-state index contributed by atoms with van der Waals surface area (Å²) in [5, 5.41) is 8.76. The minimum Gasteiger partial charge on any atom is -0.491 e. The highest BCUT2D eigenvalue weighted by Gasteiger charge is 2.06. The molecule has 0 spiro atoms. The van der Waals surface area contributed by atoms with Crippen LogP contribution in [0.1, 0.15) is 36.2 Å². The number of carbonyl (C=O) groups excluding carboxylic acids is 2. The highest BCUT2D eigenvalue weighted by Crippen LogP contribution is 2.14. The second-order valence-electron chi connectivity index (χ2n) is 7.14. The Balaban J connectivity index is 1.71. The van der Waals surface area contributed by atoms with Crippen LogP contribution in [-0.2, 0) is 16.1 Å². The van der Waals surface area contributed by atoms with Crippen molar-refractivity contribution >= 4 is 17.5 Å². The van der Waals surface area contributed by atoms with E-state index in [0.717, 1.165) is 17.7 Å². The molecule has 7 heteroatoms. The fourth-order valence-corrected chi connectivity index (χ4v) is 2.71. The van der Waals surface area contributed by atoms with Gasteiger partial charge >= 0.3 is 0 Å². The predicted octanol–water partition coefficient (Wildman–Crippen LogP) is 2.97. The van der Waals surface area contributed by atoms with Gasteiger partial charge in [0.1, 0.15) is 5.75 Å². The van der Waals surface area contributed by atoms with Gasteiger partial charge in [0.2, 0.25) is 5.91 Å². The zero-order valence-corrected chi connectivity index (χ0v) is 17.9. The second kappa shape index (κ2) is 12.6. The molecule has 0 aliphatic carbocycles. The van der Waals surface area contributed by atoms with Crippen LogP contribution >= 0.6 is 0 Å². The Morgan fingerprint density at radius 3 is 2.33 bits per heavy atom. The van der Waals surface area contributed by atoms with Crippen molar-refractivity contribution in [2.75, 3.05) is 32.1 Å². The van der Waals surface area contributed by atoms with E-state index >= 15 is 0 Å². The third-order valence-electron chi connectivity index (χ3n) is 4.15. The molecule has 2 aromatic rings. The van der Waals surface area contributed by atoms with Crippen molar-refractivity contribution in [3.63, 3.8) is 0 Å². The molecule has 3 N–H and O–H groups in total. The van der Waals surface area contributed by atoms with Gasteiger partial charge in [-0.1, -0.05) is 12.1 Å². The number of carbonyl (C=O) groups is 2. The van der Waals surface area contributed by atoms with Crippen molar-refractivity contribution in [2.24, 2.45) is 0 Å². The van der Waals surface area contributed by atoms with E-state index in [0.29, 0.717) is 30.9 Å². The number of benzene rings is 2. The van der Waals surface area contributed by atoms with E-state index in [1.165, 1.54) is 0 Å². The molecule has 0 aliphatic heterocycles. The maximum Gasteiger partial charge on any atom is 0.251 e. The van der Waals surface area contributed by atoms with E-state index < -0.39 is 0 Å². The van der Waals surface area contributed by atoms with E-state index in [2.05, 4.69) is 16.0 Å². The topological polar surface area (TPSA) is 88.7 Å². The molecule has 0 bridgehead atoms. The van der Waals surface area contributed by atoms with Crippen LogP contribution < -0.4 is 20.7 Å². The summed E-state index contributed by atoms with van der Waals surface area (Å²) in [5.74, 6) is 0.542. The maximum absolute atomic E-state index is 12.1. The molecule has 0 aliphatic rings. The van der Waals surface area contributed by atoms with Crippen molar-refractivity contribution in [1.82, 2.24) is 10.6 Å². The summed E-state index contributed by atoms with van der Waals surface area (Å²) in [6, 6.07) is 14.6. The molecule has 0 radical (unpaired) electrons. The van der Waals surface area contributed by atoms with Crippen LogP contribution in [-0.4, -0.2) is 44.7 Å². The molecule has 0 saturated carbocycles. The number of hydrogen-bond donors (Lipinski definition) is 3. The first-order chi connectivity index (χ1) is 14.5. The largest absolute Gasteiger partial charge is 0.491 e. The summed E-state index contributed by atoms with van der Waals surface area (Å²) in [5.41, 5.74) is 2.26. The molecule has 162 valence electrons. The molecule has 2 rings (SSSR count). The molecule has 2 amide bonds. The third-order valence-corrected chi connectivity index (χ3v) is 4.15. The highest BCUT2D eigenvalue weighted by molar-refractivity contribution is 5.96. The Bertz CT molecular complexity index is 789. The van der Waals surface area contributed by atoms with Crippen LogP contribution in [0.15, 0.2) is 48.5 Å². The Labute approximate surface area is 178 Å². The van der Waals surface area contributed by atoms with E-state index in [-0.39, 0.29) is 24.5 Å². The lowest BCUT2D eigenvalue weighted by Crippen LogP contribution is -2.28. The molecular formula is C23H31N3O4. The van der Waals surface area contributed by atoms with Crippen molar-refractivity contribution < 1.29 is 19.1 Å². The summed E-state index contributed by atoms with van der Waals surface area (Å²) < 4.78 is 10.6. The fourth-order valence-electron chi connectivity index (χ4n) is 2.71. The predicted molar refractivity (Wildman–Crippen MR) is 118 cm³/mol. The number of rotatable bonds is 12. The zero-order valence-electron chi connectivity index (χ0n) is 17.9. The maximum atomic E-state index is 12.1. The van der Waals surface area contributed by atoms with Gasteiger partial charge in [-0.2, -0.15) is 0 Å². The van der Waals surface area contributed by atoms with Crippen molar-refractivity contribution in [2.45, 2.75) is 32.9 Å². The van der Waals surface area contributed by atoms with Gasteiger partial charge < -0.3 is 25.4 Å². The van der Waals surface area contributed by atoms with E-state index in [1.807, 2.05) is 38.1 Å². The Morgan fingerprint density at radius 2 is 1.70 bits per heavy atom. The van der Waals surface area contributed by atoms with Crippen molar-refractivity contribution in [1.29, 1.82) is 0 Å². The number of nitrogens with one attached hydrogen (secondary N) is 3. The van der Waals surface area contributed by atoms with Gasteiger partial charge in [-0.25, -0.2) is 0 Å². The van der Waals surface area contributed by atoms with Crippen LogP contribution in [0.2, 0.25) is 0 Å². The summed E-state index contributed by atoms with van der Waals surface area (Å²) in [7, 11) is 1.63. The SMILES string of the molecule is COCCCNC(=O)c1ccc(NC(=O)CNCc2ccc(OC(C)C)cc2)cc1. The summed E-state index contributed by atoms with van der Waals surface area (Å²) in [6.45, 7) is 5.91. The second-order valence-corrected chi connectivity index (χ2v) is 7.14. The molecule has 0 unspecified atom stereocenters. The molecule has 30 heavy (non-hydrogen) atoms. The molecule has 2 aromatic carbocycles. The quantitative estimate of drug-likeness (QED) is 0.466. The van der Waals surface area contributed by atoms with Crippen LogP contribution in [0, 0.1) is 0 Å². The van der Waals surface area contributed by atoms with Crippen LogP contribution in [0.4, 0.5) is 5.69 Å². The number of hydrogen-bond acceptors (Lipinski definition) is 5. The lowest BCUT2D eigenvalue weighted by Gasteiger charge is -2.11. The molecule has 0 aromatic heterocycles. The highest BCUT2D eigenvalue weighted by atomic mass is 16.5. The Kier molecular flexibility index (Phi) is 9.83. The molecule has 0 fully saturated rings. The standard InChI is InChI=1S/C23H31N3O4/c1-17(2)30-21-11-5-18(6-12-21)15-24-16-22(27)26-20-9-7-19(8-10-20)23(28)25-13-4-14-29-3/h5-12,17,24H,4,13-16H2,1-3H3,(H,25,28)(H,26,27). The van der Waals surface area contributed by atoms with Gasteiger partial charge in [0.25, 0.3) is 5.91 Å². The molecular weight excluding hydrogens is 382 g/mol. The van der Waals surface area contributed by atoms with E-state index in [9.17, 15) is 9.59 Å². The summed E-state index contributed by atoms with van der Waals surface area (Å²) in [4.78, 5) is 24.1. The monoisotopic (exact) mass is 413 g/mol. The first kappa shape index (κ1) is 23.4. The van der Waals surface area contributed by atoms with Crippen LogP contribution in [0.25, 0.3) is 0 Å². The lowest BCUT2D eigenvalue weighted by atomic mass is 10.2. The van der Waals surface area contributed by atoms with Gasteiger partial charge in [-0.3, -0.25) is 9.59 Å². The fraction of sp³-hybridized carbons (Fsp3) is 0.391. The van der Waals surface area contributed by atoms with Crippen LogP contribution in [0.5, 0.6) is 5.75 Å². The number of amides is 2. The lowest BCUT2D eigenvalue weighted by molar-refractivity contribution is -0.115. The van der Waals surface area contributed by atoms with Gasteiger partial charge in [-0.15, -0.1) is 0 Å². The minimum atomic E-state index is -0.147. The van der Waals surface area contributed by atoms with Crippen molar-refractivity contribution in [3.8, 4) is 5.75 Å². The normalized spacial score (nSPS) is 10.7. The van der Waals surface area contributed by atoms with Gasteiger partial charge in [0.05, 0.1) is 12.6 Å². The van der Waals surface area contributed by atoms with E-state index in [4.69, 9.17) is 9.47 Å². The minimum absolute atomic E-state index is 0.141. The molecule has 0 saturated heterocycles. The third kappa shape index (κ3) is 8.63. The summed E-state index contributed by atoms with van der Waals surface area (Å²) in [6.07, 6.45) is 0.904. The smallest absolute Gasteiger partial charge is 0.251 e. The van der Waals surface area contributed by atoms with Crippen molar-refractivity contribution in [3.05, 3.63) is 59.7 Å². The molecule has 0 atom stereocenters. The molecule has 0 heterocycles. The van der Waals surface area contributed by atoms with Gasteiger partial charge in [0, 0.05) is 38.1 Å². The average Bonchev–Trinajstić information content (AvgIpc) is 2.72. The summed E-state index contributed by atoms with van der Waals surface area (Å²) >= 11 is 0. The number of ether oxygens (including phenoxy) is 2. The van der Waals surface area contributed by atoms with Crippen LogP contribution in [0.3, 0.4) is 0 Å². The first-order valence-electron chi connectivity index (χ1n) is 10.1. The Morgan fingerprint density at radius 1 is 1.00 bits per heavy atom. The number of anilines is 1. The van der Waals surface area contributed by atoms with Gasteiger partial charge in [-0.05, 0) is 62.2 Å². The van der Waals surface area contributed by atoms with E-state index in [1.54, 1.807) is 31.4 Å². The number of methoxy groups -OCH3 is 1. The average molecular weight is 414 g/mol. The zero-order chi connectivity index (χ0) is 21.8.